The maximum atomic E-state index is 2.51. The van der Waals surface area contributed by atoms with Crippen LogP contribution in [0.25, 0.3) is 0 Å². The molecule has 1 aliphatic carbocycles. The molecule has 0 fully saturated rings. The van der Waals surface area contributed by atoms with E-state index >= 15 is 0 Å². The summed E-state index contributed by atoms with van der Waals surface area (Å²) in [5.74, 6) is 4.11. The molecule has 1 aliphatic rings. The van der Waals surface area contributed by atoms with E-state index in [1.54, 1.807) is 5.57 Å². The topological polar surface area (TPSA) is 0 Å². The van der Waals surface area contributed by atoms with Gasteiger partial charge in [-0.15, -0.1) is 0 Å². The molecule has 0 heteroatoms. The van der Waals surface area contributed by atoms with E-state index in [9.17, 15) is 0 Å². The lowest BCUT2D eigenvalue weighted by atomic mass is 9.74. The Labute approximate surface area is 89.8 Å². The van der Waals surface area contributed by atoms with Crippen molar-refractivity contribution < 1.29 is 0 Å². The molecule has 0 unspecified atom stereocenters. The van der Waals surface area contributed by atoms with Gasteiger partial charge in [-0.05, 0) is 36.0 Å². The fraction of sp³-hybridized carbons (Fsp3) is 0.857. The van der Waals surface area contributed by atoms with Gasteiger partial charge < -0.3 is 0 Å². The number of hydrogen-bond acceptors (Lipinski definition) is 0. The van der Waals surface area contributed by atoms with E-state index in [2.05, 4.69) is 47.6 Å². The maximum Gasteiger partial charge on any atom is -0.0144 e. The Morgan fingerprint density at radius 3 is 1.93 bits per heavy atom. The molecule has 0 aromatic rings. The second-order valence-electron chi connectivity index (χ2n) is 5.77. The molecule has 0 aromatic carbocycles. The van der Waals surface area contributed by atoms with Crippen LogP contribution in [-0.2, 0) is 0 Å². The molecule has 0 N–H and O–H groups in total. The summed E-state index contributed by atoms with van der Waals surface area (Å²) >= 11 is 0. The van der Waals surface area contributed by atoms with E-state index in [4.69, 9.17) is 0 Å². The van der Waals surface area contributed by atoms with Crippen LogP contribution in [0.1, 0.15) is 48.0 Å². The monoisotopic (exact) mass is 194 g/mol. The standard InChI is InChI=1S/C14H26/c1-9(2)12-7-8-13(10(3)4)14(12)11(5)6/h7,9-11,13-14H,8H2,1-6H3/t13-,14-/m0/s1. The molecule has 14 heavy (non-hydrogen) atoms. The smallest absolute Gasteiger partial charge is 0.0144 e. The molecule has 0 heterocycles. The summed E-state index contributed by atoms with van der Waals surface area (Å²) in [4.78, 5) is 0. The van der Waals surface area contributed by atoms with Crippen LogP contribution in [0.4, 0.5) is 0 Å². The zero-order valence-electron chi connectivity index (χ0n) is 10.7. The molecule has 82 valence electrons. The molecule has 0 amide bonds. The van der Waals surface area contributed by atoms with E-state index < -0.39 is 0 Å². The van der Waals surface area contributed by atoms with E-state index in [1.165, 1.54) is 6.42 Å². The average molecular weight is 194 g/mol. The second kappa shape index (κ2) is 4.51. The van der Waals surface area contributed by atoms with Gasteiger partial charge in [-0.25, -0.2) is 0 Å². The number of rotatable bonds is 3. The third-order valence-corrected chi connectivity index (χ3v) is 3.71. The highest BCUT2D eigenvalue weighted by atomic mass is 14.4. The zero-order valence-corrected chi connectivity index (χ0v) is 10.7. The molecule has 0 spiro atoms. The quantitative estimate of drug-likeness (QED) is 0.580. The molecular formula is C14H26. The van der Waals surface area contributed by atoms with Crippen molar-refractivity contribution in [2.75, 3.05) is 0 Å². The summed E-state index contributed by atoms with van der Waals surface area (Å²) in [6.45, 7) is 14.2. The van der Waals surface area contributed by atoms with Gasteiger partial charge in [0.1, 0.15) is 0 Å². The van der Waals surface area contributed by atoms with E-state index in [0.717, 1.165) is 29.6 Å². The molecule has 0 saturated carbocycles. The fourth-order valence-electron chi connectivity index (χ4n) is 2.99. The van der Waals surface area contributed by atoms with Crippen LogP contribution in [0, 0.1) is 29.6 Å². The van der Waals surface area contributed by atoms with Gasteiger partial charge in [0, 0.05) is 0 Å². The Hall–Kier alpha value is -0.260. The minimum atomic E-state index is 0.742. The fourth-order valence-corrected chi connectivity index (χ4v) is 2.99. The molecule has 2 atom stereocenters. The van der Waals surface area contributed by atoms with Crippen molar-refractivity contribution in [1.29, 1.82) is 0 Å². The molecular weight excluding hydrogens is 168 g/mol. The van der Waals surface area contributed by atoms with Crippen LogP contribution < -0.4 is 0 Å². The molecule has 0 nitrogen and oxygen atoms in total. The van der Waals surface area contributed by atoms with Crippen LogP contribution in [-0.4, -0.2) is 0 Å². The third-order valence-electron chi connectivity index (χ3n) is 3.71. The molecule has 0 radical (unpaired) electrons. The van der Waals surface area contributed by atoms with Gasteiger partial charge in [0.05, 0.1) is 0 Å². The van der Waals surface area contributed by atoms with Crippen molar-refractivity contribution in [3.8, 4) is 0 Å². The third kappa shape index (κ3) is 2.21. The first kappa shape index (κ1) is 11.8. The van der Waals surface area contributed by atoms with Crippen LogP contribution in [0.3, 0.4) is 0 Å². The predicted octanol–water partition coefficient (Wildman–Crippen LogP) is 4.52. The number of hydrogen-bond donors (Lipinski definition) is 0. The summed E-state index contributed by atoms with van der Waals surface area (Å²) in [5, 5.41) is 0. The summed E-state index contributed by atoms with van der Waals surface area (Å²) in [6, 6.07) is 0. The van der Waals surface area contributed by atoms with Crippen molar-refractivity contribution in [3.05, 3.63) is 11.6 Å². The van der Waals surface area contributed by atoms with Crippen LogP contribution >= 0.6 is 0 Å². The minimum Gasteiger partial charge on any atom is -0.0845 e. The van der Waals surface area contributed by atoms with Crippen LogP contribution in [0.5, 0.6) is 0 Å². The molecule has 0 aromatic heterocycles. The van der Waals surface area contributed by atoms with E-state index in [-0.39, 0.29) is 0 Å². The first-order chi connectivity index (χ1) is 6.45. The van der Waals surface area contributed by atoms with Crippen molar-refractivity contribution in [2.24, 2.45) is 29.6 Å². The van der Waals surface area contributed by atoms with Crippen molar-refractivity contribution in [1.82, 2.24) is 0 Å². The van der Waals surface area contributed by atoms with Crippen LogP contribution in [0.2, 0.25) is 0 Å². The zero-order chi connectivity index (χ0) is 10.9. The Morgan fingerprint density at radius 2 is 1.57 bits per heavy atom. The van der Waals surface area contributed by atoms with E-state index in [0.29, 0.717) is 0 Å². The second-order valence-corrected chi connectivity index (χ2v) is 5.77. The SMILES string of the molecule is CC(C)C1=CC[C@@H](C(C)C)[C@H]1C(C)C. The lowest BCUT2D eigenvalue weighted by Crippen LogP contribution is -2.23. The lowest BCUT2D eigenvalue weighted by Gasteiger charge is -2.30. The summed E-state index contributed by atoms with van der Waals surface area (Å²) in [6.07, 6.45) is 3.83. The Morgan fingerprint density at radius 1 is 1.00 bits per heavy atom. The Balaban J connectivity index is 2.81. The van der Waals surface area contributed by atoms with Crippen molar-refractivity contribution in [3.63, 3.8) is 0 Å². The maximum absolute atomic E-state index is 2.51. The summed E-state index contributed by atoms with van der Waals surface area (Å²) in [5.41, 5.74) is 1.72. The Kier molecular flexibility index (Phi) is 3.80. The van der Waals surface area contributed by atoms with Gasteiger partial charge in [0.2, 0.25) is 0 Å². The summed E-state index contributed by atoms with van der Waals surface area (Å²) in [7, 11) is 0. The van der Waals surface area contributed by atoms with Crippen LogP contribution in [0.15, 0.2) is 11.6 Å². The predicted molar refractivity (Wildman–Crippen MR) is 64.2 cm³/mol. The summed E-state index contributed by atoms with van der Waals surface area (Å²) < 4.78 is 0. The van der Waals surface area contributed by atoms with Gasteiger partial charge in [-0.1, -0.05) is 53.2 Å². The highest BCUT2D eigenvalue weighted by molar-refractivity contribution is 5.18. The van der Waals surface area contributed by atoms with E-state index in [1.807, 2.05) is 0 Å². The molecule has 0 saturated heterocycles. The highest BCUT2D eigenvalue weighted by Gasteiger charge is 2.34. The number of allylic oxidation sites excluding steroid dienone is 2. The highest BCUT2D eigenvalue weighted by Crippen LogP contribution is 2.43. The first-order valence-corrected chi connectivity index (χ1v) is 6.15. The van der Waals surface area contributed by atoms with Crippen molar-refractivity contribution in [2.45, 2.75) is 48.0 Å². The first-order valence-electron chi connectivity index (χ1n) is 6.15. The minimum absolute atomic E-state index is 0.742. The van der Waals surface area contributed by atoms with Gasteiger partial charge in [-0.3, -0.25) is 0 Å². The van der Waals surface area contributed by atoms with Gasteiger partial charge in [0.15, 0.2) is 0 Å². The lowest BCUT2D eigenvalue weighted by molar-refractivity contribution is 0.243. The Bertz CT molecular complexity index is 208. The van der Waals surface area contributed by atoms with Gasteiger partial charge >= 0.3 is 0 Å². The molecule has 1 rings (SSSR count). The van der Waals surface area contributed by atoms with Gasteiger partial charge in [0.25, 0.3) is 0 Å². The molecule has 0 aliphatic heterocycles. The van der Waals surface area contributed by atoms with Crippen molar-refractivity contribution >= 4 is 0 Å². The molecule has 0 bridgehead atoms. The largest absolute Gasteiger partial charge is 0.0845 e. The normalized spacial score (nSPS) is 27.9. The van der Waals surface area contributed by atoms with Gasteiger partial charge in [-0.2, -0.15) is 0 Å². The average Bonchev–Trinajstić information content (AvgIpc) is 2.46.